The van der Waals surface area contributed by atoms with Crippen LogP contribution in [0.2, 0.25) is 0 Å². The molecule has 0 aliphatic heterocycles. The largest absolute Gasteiger partial charge is 0.374 e. The van der Waals surface area contributed by atoms with Crippen molar-refractivity contribution in [3.63, 3.8) is 0 Å². The van der Waals surface area contributed by atoms with Crippen molar-refractivity contribution in [2.75, 3.05) is 6.61 Å². The first-order valence-electron chi connectivity index (χ1n) is 8.32. The zero-order valence-electron chi connectivity index (χ0n) is 14.1. The average Bonchev–Trinajstić information content (AvgIpc) is 2.44. The van der Waals surface area contributed by atoms with Crippen LogP contribution < -0.4 is 5.73 Å². The van der Waals surface area contributed by atoms with Crippen LogP contribution >= 0.6 is 0 Å². The lowest BCUT2D eigenvalue weighted by Gasteiger charge is -2.46. The lowest BCUT2D eigenvalue weighted by atomic mass is 9.68. The fraction of sp³-hybridized carbons (Fsp3) is 0.684. The molecule has 2 nitrogen and oxygen atoms in total. The molecule has 0 saturated heterocycles. The molecule has 0 radical (unpaired) electrons. The molecule has 0 aromatic heterocycles. The third-order valence-electron chi connectivity index (χ3n) is 5.13. The second kappa shape index (κ2) is 6.50. The Morgan fingerprint density at radius 3 is 2.19 bits per heavy atom. The zero-order valence-corrected chi connectivity index (χ0v) is 14.1. The van der Waals surface area contributed by atoms with Gasteiger partial charge in [0, 0.05) is 12.6 Å². The van der Waals surface area contributed by atoms with Gasteiger partial charge in [-0.25, -0.2) is 0 Å². The molecule has 2 heteroatoms. The Hall–Kier alpha value is -0.860. The lowest BCUT2D eigenvalue weighted by Crippen LogP contribution is -2.54. The van der Waals surface area contributed by atoms with Crippen molar-refractivity contribution in [3.8, 4) is 0 Å². The maximum Gasteiger partial charge on any atom is 0.0836 e. The standard InChI is InChI=1S/C19H31NO/c1-5-21-19(12-10-18(3,4)11-13-19)17(20)14-16-8-6-15(2)7-9-16/h6-9,17H,5,10-14,20H2,1-4H3. The van der Waals surface area contributed by atoms with E-state index in [0.29, 0.717) is 5.41 Å². The summed E-state index contributed by atoms with van der Waals surface area (Å²) in [7, 11) is 0. The molecule has 0 bridgehead atoms. The summed E-state index contributed by atoms with van der Waals surface area (Å²) in [5.74, 6) is 0. The van der Waals surface area contributed by atoms with E-state index < -0.39 is 0 Å². The number of rotatable bonds is 5. The second-order valence-electron chi connectivity index (χ2n) is 7.46. The van der Waals surface area contributed by atoms with Gasteiger partial charge in [0.25, 0.3) is 0 Å². The molecule has 1 aromatic carbocycles. The molecule has 1 unspecified atom stereocenters. The molecule has 1 fully saturated rings. The molecule has 1 aliphatic carbocycles. The first-order valence-corrected chi connectivity index (χ1v) is 8.32. The first-order chi connectivity index (χ1) is 9.87. The minimum atomic E-state index is -0.130. The summed E-state index contributed by atoms with van der Waals surface area (Å²) in [4.78, 5) is 0. The van der Waals surface area contributed by atoms with Crippen LogP contribution in [-0.4, -0.2) is 18.2 Å². The maximum atomic E-state index is 6.60. The van der Waals surface area contributed by atoms with Gasteiger partial charge in [-0.1, -0.05) is 43.7 Å². The van der Waals surface area contributed by atoms with Crippen LogP contribution in [0.15, 0.2) is 24.3 Å². The Kier molecular flexibility index (Phi) is 5.11. The lowest BCUT2D eigenvalue weighted by molar-refractivity contribution is -0.0987. The Morgan fingerprint density at radius 1 is 1.10 bits per heavy atom. The van der Waals surface area contributed by atoms with E-state index in [2.05, 4.69) is 52.0 Å². The summed E-state index contributed by atoms with van der Waals surface area (Å²) in [6.07, 6.45) is 5.48. The zero-order chi connectivity index (χ0) is 15.5. The highest BCUT2D eigenvalue weighted by atomic mass is 16.5. The van der Waals surface area contributed by atoms with Gasteiger partial charge in [0.15, 0.2) is 0 Å². The Bertz CT molecular complexity index is 439. The van der Waals surface area contributed by atoms with Crippen LogP contribution in [0.4, 0.5) is 0 Å². The molecule has 1 saturated carbocycles. The van der Waals surface area contributed by atoms with E-state index in [0.717, 1.165) is 25.9 Å². The molecule has 1 atom stereocenters. The van der Waals surface area contributed by atoms with Crippen molar-refractivity contribution in [2.24, 2.45) is 11.1 Å². The Labute approximate surface area is 130 Å². The van der Waals surface area contributed by atoms with Gasteiger partial charge >= 0.3 is 0 Å². The van der Waals surface area contributed by atoms with Gasteiger partial charge < -0.3 is 10.5 Å². The number of benzene rings is 1. The van der Waals surface area contributed by atoms with Gasteiger partial charge in [0.2, 0.25) is 0 Å². The molecule has 0 spiro atoms. The summed E-state index contributed by atoms with van der Waals surface area (Å²) >= 11 is 0. The maximum absolute atomic E-state index is 6.60. The molecule has 1 aliphatic rings. The molecule has 0 heterocycles. The minimum absolute atomic E-state index is 0.0799. The molecule has 21 heavy (non-hydrogen) atoms. The molecular formula is C19H31NO. The highest BCUT2D eigenvalue weighted by Crippen LogP contribution is 2.43. The molecule has 0 amide bonds. The van der Waals surface area contributed by atoms with Gasteiger partial charge in [-0.15, -0.1) is 0 Å². The van der Waals surface area contributed by atoms with E-state index in [-0.39, 0.29) is 11.6 Å². The summed E-state index contributed by atoms with van der Waals surface area (Å²) in [6, 6.07) is 8.80. The van der Waals surface area contributed by atoms with E-state index in [1.807, 2.05) is 0 Å². The van der Waals surface area contributed by atoms with Crippen LogP contribution in [0.5, 0.6) is 0 Å². The SMILES string of the molecule is CCOC1(C(N)Cc2ccc(C)cc2)CCC(C)(C)CC1. The van der Waals surface area contributed by atoms with E-state index in [1.165, 1.54) is 24.0 Å². The van der Waals surface area contributed by atoms with Gasteiger partial charge in [0.05, 0.1) is 5.60 Å². The van der Waals surface area contributed by atoms with Crippen LogP contribution in [0.1, 0.15) is 57.6 Å². The smallest absolute Gasteiger partial charge is 0.0836 e. The predicted octanol–water partition coefficient (Wildman–Crippen LogP) is 4.24. The predicted molar refractivity (Wildman–Crippen MR) is 89.5 cm³/mol. The van der Waals surface area contributed by atoms with Crippen molar-refractivity contribution >= 4 is 0 Å². The van der Waals surface area contributed by atoms with E-state index in [9.17, 15) is 0 Å². The third-order valence-corrected chi connectivity index (χ3v) is 5.13. The Morgan fingerprint density at radius 2 is 1.67 bits per heavy atom. The van der Waals surface area contributed by atoms with E-state index in [1.54, 1.807) is 0 Å². The van der Waals surface area contributed by atoms with Crippen molar-refractivity contribution in [3.05, 3.63) is 35.4 Å². The highest BCUT2D eigenvalue weighted by Gasteiger charge is 2.43. The van der Waals surface area contributed by atoms with E-state index >= 15 is 0 Å². The Balaban J connectivity index is 2.08. The summed E-state index contributed by atoms with van der Waals surface area (Å²) in [5.41, 5.74) is 9.52. The third kappa shape index (κ3) is 4.08. The summed E-state index contributed by atoms with van der Waals surface area (Å²) < 4.78 is 6.20. The van der Waals surface area contributed by atoms with Crippen molar-refractivity contribution in [1.29, 1.82) is 0 Å². The molecular weight excluding hydrogens is 258 g/mol. The fourth-order valence-corrected chi connectivity index (χ4v) is 3.42. The molecule has 1 aromatic rings. The van der Waals surface area contributed by atoms with Crippen molar-refractivity contribution in [2.45, 2.75) is 71.4 Å². The van der Waals surface area contributed by atoms with Crippen LogP contribution in [-0.2, 0) is 11.2 Å². The second-order valence-corrected chi connectivity index (χ2v) is 7.46. The van der Waals surface area contributed by atoms with Crippen LogP contribution in [0.25, 0.3) is 0 Å². The number of hydrogen-bond donors (Lipinski definition) is 1. The number of aryl methyl sites for hydroxylation is 1. The summed E-state index contributed by atoms with van der Waals surface area (Å²) in [6.45, 7) is 9.67. The van der Waals surface area contributed by atoms with Gasteiger partial charge in [-0.05, 0) is 56.9 Å². The van der Waals surface area contributed by atoms with Crippen molar-refractivity contribution in [1.82, 2.24) is 0 Å². The summed E-state index contributed by atoms with van der Waals surface area (Å²) in [5, 5.41) is 0. The number of ether oxygens (including phenoxy) is 1. The van der Waals surface area contributed by atoms with Gasteiger partial charge in [-0.3, -0.25) is 0 Å². The van der Waals surface area contributed by atoms with Gasteiger partial charge in [0.1, 0.15) is 0 Å². The monoisotopic (exact) mass is 289 g/mol. The van der Waals surface area contributed by atoms with Crippen molar-refractivity contribution < 1.29 is 4.74 Å². The normalized spacial score (nSPS) is 22.0. The first kappa shape index (κ1) is 16.5. The minimum Gasteiger partial charge on any atom is -0.374 e. The topological polar surface area (TPSA) is 35.2 Å². The average molecular weight is 289 g/mol. The molecule has 2 rings (SSSR count). The molecule has 118 valence electrons. The quantitative estimate of drug-likeness (QED) is 0.880. The fourth-order valence-electron chi connectivity index (χ4n) is 3.42. The number of hydrogen-bond acceptors (Lipinski definition) is 2. The molecule has 2 N–H and O–H groups in total. The van der Waals surface area contributed by atoms with Gasteiger partial charge in [-0.2, -0.15) is 0 Å². The van der Waals surface area contributed by atoms with Crippen LogP contribution in [0, 0.1) is 12.3 Å². The number of nitrogens with two attached hydrogens (primary N) is 1. The van der Waals surface area contributed by atoms with Crippen LogP contribution in [0.3, 0.4) is 0 Å². The highest BCUT2D eigenvalue weighted by molar-refractivity contribution is 5.22. The van der Waals surface area contributed by atoms with E-state index in [4.69, 9.17) is 10.5 Å².